The van der Waals surface area contributed by atoms with Gasteiger partial charge in [-0.25, -0.2) is 0 Å². The highest BCUT2D eigenvalue weighted by molar-refractivity contribution is 14.0. The van der Waals surface area contributed by atoms with Crippen LogP contribution >= 0.6 is 24.0 Å². The third-order valence-electron chi connectivity index (χ3n) is 4.80. The number of rotatable bonds is 6. The Balaban J connectivity index is 0.00000261. The average molecular weight is 479 g/mol. The molecule has 0 fully saturated rings. The van der Waals surface area contributed by atoms with Gasteiger partial charge in [0.1, 0.15) is 0 Å². The van der Waals surface area contributed by atoms with E-state index in [1.807, 2.05) is 0 Å². The van der Waals surface area contributed by atoms with Gasteiger partial charge in [0.25, 0.3) is 0 Å². The number of para-hydroxylation sites is 1. The van der Waals surface area contributed by atoms with E-state index >= 15 is 0 Å². The molecule has 0 saturated heterocycles. The molecule has 0 unspecified atom stereocenters. The van der Waals surface area contributed by atoms with Gasteiger partial charge in [0.15, 0.2) is 5.96 Å². The molecule has 1 aromatic carbocycles. The number of aromatic amines is 1. The second kappa shape index (κ2) is 9.82. The van der Waals surface area contributed by atoms with Crippen molar-refractivity contribution in [3.05, 3.63) is 59.5 Å². The standard InChI is InChI=1S/C21H29N5.HI/c1-5-22-21(26(4)15-18-9-7-13-25(18)3)23-12-11-17-14-24-20-16(2)8-6-10-19(17)20;/h6-10,13-14,24H,5,11-12,15H2,1-4H3,(H,22,23);1H. The number of guanidine groups is 1. The van der Waals surface area contributed by atoms with E-state index in [1.54, 1.807) is 0 Å². The number of halogens is 1. The van der Waals surface area contributed by atoms with Crippen LogP contribution in [-0.4, -0.2) is 40.5 Å². The zero-order valence-electron chi connectivity index (χ0n) is 16.6. The topological polar surface area (TPSA) is 48.4 Å². The molecule has 27 heavy (non-hydrogen) atoms. The lowest BCUT2D eigenvalue weighted by molar-refractivity contribution is 0.462. The van der Waals surface area contributed by atoms with Gasteiger partial charge in [-0.15, -0.1) is 24.0 Å². The Bertz CT molecular complexity index is 893. The molecule has 0 atom stereocenters. The molecule has 3 rings (SSSR count). The van der Waals surface area contributed by atoms with Crippen LogP contribution in [0.25, 0.3) is 10.9 Å². The molecule has 0 amide bonds. The molecule has 146 valence electrons. The number of H-pyrrole nitrogens is 1. The van der Waals surface area contributed by atoms with Crippen LogP contribution in [0.5, 0.6) is 0 Å². The summed E-state index contributed by atoms with van der Waals surface area (Å²) in [5.41, 5.74) is 5.12. The Morgan fingerprint density at radius 3 is 2.78 bits per heavy atom. The lowest BCUT2D eigenvalue weighted by Crippen LogP contribution is -2.39. The van der Waals surface area contributed by atoms with Gasteiger partial charge < -0.3 is 19.8 Å². The van der Waals surface area contributed by atoms with Crippen molar-refractivity contribution in [2.24, 2.45) is 12.0 Å². The fourth-order valence-corrected chi connectivity index (χ4v) is 3.30. The second-order valence-corrected chi connectivity index (χ2v) is 6.76. The van der Waals surface area contributed by atoms with Crippen molar-refractivity contribution >= 4 is 40.8 Å². The molecule has 0 bridgehead atoms. The highest BCUT2D eigenvalue weighted by Gasteiger charge is 2.09. The lowest BCUT2D eigenvalue weighted by atomic mass is 10.1. The van der Waals surface area contributed by atoms with Crippen LogP contribution < -0.4 is 5.32 Å². The fraction of sp³-hybridized carbons (Fsp3) is 0.381. The minimum Gasteiger partial charge on any atom is -0.361 e. The lowest BCUT2D eigenvalue weighted by Gasteiger charge is -2.22. The van der Waals surface area contributed by atoms with Gasteiger partial charge in [0, 0.05) is 56.2 Å². The summed E-state index contributed by atoms with van der Waals surface area (Å²) in [5.74, 6) is 0.949. The Labute approximate surface area is 178 Å². The van der Waals surface area contributed by atoms with E-state index < -0.39 is 0 Å². The molecular formula is C21H30IN5. The second-order valence-electron chi connectivity index (χ2n) is 6.76. The summed E-state index contributed by atoms with van der Waals surface area (Å²) in [4.78, 5) is 10.4. The van der Waals surface area contributed by atoms with Gasteiger partial charge >= 0.3 is 0 Å². The number of aryl methyl sites for hydroxylation is 2. The fourth-order valence-electron chi connectivity index (χ4n) is 3.30. The maximum atomic E-state index is 4.84. The van der Waals surface area contributed by atoms with E-state index in [0.29, 0.717) is 0 Å². The van der Waals surface area contributed by atoms with Gasteiger partial charge in [-0.05, 0) is 43.5 Å². The summed E-state index contributed by atoms with van der Waals surface area (Å²) in [6, 6.07) is 10.7. The molecule has 0 saturated carbocycles. The van der Waals surface area contributed by atoms with Crippen LogP contribution in [0.2, 0.25) is 0 Å². The first-order valence-electron chi connectivity index (χ1n) is 9.25. The number of nitrogens with one attached hydrogen (secondary N) is 2. The molecule has 0 aliphatic heterocycles. The summed E-state index contributed by atoms with van der Waals surface area (Å²) in [6.07, 6.45) is 5.12. The van der Waals surface area contributed by atoms with Crippen LogP contribution in [0.1, 0.15) is 23.7 Å². The van der Waals surface area contributed by atoms with Gasteiger partial charge in [-0.2, -0.15) is 0 Å². The SMILES string of the molecule is CCNC(=NCCc1c[nH]c2c(C)cccc12)N(C)Cc1cccn1C.I. The van der Waals surface area contributed by atoms with Gasteiger partial charge in [0.2, 0.25) is 0 Å². The number of aromatic nitrogens is 2. The molecular weight excluding hydrogens is 449 g/mol. The highest BCUT2D eigenvalue weighted by Crippen LogP contribution is 2.21. The first-order chi connectivity index (χ1) is 12.6. The van der Waals surface area contributed by atoms with Crippen molar-refractivity contribution in [3.63, 3.8) is 0 Å². The van der Waals surface area contributed by atoms with Crippen molar-refractivity contribution in [3.8, 4) is 0 Å². The van der Waals surface area contributed by atoms with Crippen LogP contribution in [0, 0.1) is 6.92 Å². The molecule has 0 spiro atoms. The smallest absolute Gasteiger partial charge is 0.194 e. The molecule has 0 radical (unpaired) electrons. The van der Waals surface area contributed by atoms with Crippen LogP contribution in [0.15, 0.2) is 47.7 Å². The largest absolute Gasteiger partial charge is 0.361 e. The maximum Gasteiger partial charge on any atom is 0.194 e. The van der Waals surface area contributed by atoms with Gasteiger partial charge in [-0.1, -0.05) is 18.2 Å². The normalized spacial score (nSPS) is 11.5. The Morgan fingerprint density at radius 2 is 2.07 bits per heavy atom. The maximum absolute atomic E-state index is 4.84. The van der Waals surface area contributed by atoms with E-state index in [-0.39, 0.29) is 24.0 Å². The van der Waals surface area contributed by atoms with Crippen molar-refractivity contribution < 1.29 is 0 Å². The molecule has 3 aromatic rings. The third kappa shape index (κ3) is 5.06. The Kier molecular flexibility index (Phi) is 7.77. The number of hydrogen-bond donors (Lipinski definition) is 2. The minimum atomic E-state index is 0. The van der Waals surface area contributed by atoms with Gasteiger partial charge in [-0.3, -0.25) is 4.99 Å². The zero-order chi connectivity index (χ0) is 18.5. The van der Waals surface area contributed by atoms with Crippen molar-refractivity contribution in [2.45, 2.75) is 26.8 Å². The van der Waals surface area contributed by atoms with Crippen molar-refractivity contribution in [1.82, 2.24) is 19.8 Å². The predicted octanol–water partition coefficient (Wildman–Crippen LogP) is 4.07. The summed E-state index contributed by atoms with van der Waals surface area (Å²) < 4.78 is 2.15. The average Bonchev–Trinajstić information content (AvgIpc) is 3.22. The monoisotopic (exact) mass is 479 g/mol. The Hall–Kier alpha value is -1.96. The van der Waals surface area contributed by atoms with Crippen molar-refractivity contribution in [1.29, 1.82) is 0 Å². The molecule has 5 nitrogen and oxygen atoms in total. The number of aliphatic imine (C=N–C) groups is 1. The summed E-state index contributed by atoms with van der Waals surface area (Å²) in [7, 11) is 4.16. The molecule has 6 heteroatoms. The summed E-state index contributed by atoms with van der Waals surface area (Å²) in [6.45, 7) is 6.71. The van der Waals surface area contributed by atoms with E-state index in [4.69, 9.17) is 4.99 Å². The highest BCUT2D eigenvalue weighted by atomic mass is 127. The summed E-state index contributed by atoms with van der Waals surface area (Å²) in [5, 5.41) is 4.71. The molecule has 2 N–H and O–H groups in total. The van der Waals surface area contributed by atoms with E-state index in [2.05, 4.69) is 90.4 Å². The van der Waals surface area contributed by atoms with E-state index in [1.165, 1.54) is 27.7 Å². The van der Waals surface area contributed by atoms with E-state index in [0.717, 1.165) is 32.0 Å². The zero-order valence-corrected chi connectivity index (χ0v) is 19.0. The quantitative estimate of drug-likeness (QED) is 0.318. The predicted molar refractivity (Wildman–Crippen MR) is 125 cm³/mol. The van der Waals surface area contributed by atoms with Crippen molar-refractivity contribution in [2.75, 3.05) is 20.1 Å². The Morgan fingerprint density at radius 1 is 1.26 bits per heavy atom. The minimum absolute atomic E-state index is 0. The van der Waals surface area contributed by atoms with Crippen LogP contribution in [-0.2, 0) is 20.0 Å². The van der Waals surface area contributed by atoms with Crippen LogP contribution in [0.3, 0.4) is 0 Å². The number of hydrogen-bond acceptors (Lipinski definition) is 1. The molecule has 0 aliphatic rings. The molecule has 2 heterocycles. The molecule has 2 aromatic heterocycles. The van der Waals surface area contributed by atoms with Crippen LogP contribution in [0.4, 0.5) is 0 Å². The first-order valence-corrected chi connectivity index (χ1v) is 9.25. The van der Waals surface area contributed by atoms with E-state index in [9.17, 15) is 0 Å². The molecule has 0 aliphatic carbocycles. The van der Waals surface area contributed by atoms with Gasteiger partial charge in [0.05, 0.1) is 6.54 Å². The number of fused-ring (bicyclic) bond motifs is 1. The number of benzene rings is 1. The summed E-state index contributed by atoms with van der Waals surface area (Å²) >= 11 is 0. The first kappa shape index (κ1) is 21.3. The number of nitrogens with zero attached hydrogens (tertiary/aromatic N) is 3. The third-order valence-corrected chi connectivity index (χ3v) is 4.80.